The van der Waals surface area contributed by atoms with Crippen molar-refractivity contribution in [1.29, 1.82) is 0 Å². The fourth-order valence-electron chi connectivity index (χ4n) is 3.46. The first-order valence-electron chi connectivity index (χ1n) is 8.99. The number of pyridine rings is 1. The first-order chi connectivity index (χ1) is 13.4. The summed E-state index contributed by atoms with van der Waals surface area (Å²) in [6.07, 6.45) is -3.54. The van der Waals surface area contributed by atoms with Crippen molar-refractivity contribution < 1.29 is 18.0 Å². The third kappa shape index (κ3) is 3.52. The molecule has 4 nitrogen and oxygen atoms in total. The van der Waals surface area contributed by atoms with E-state index in [0.717, 1.165) is 23.0 Å². The van der Waals surface area contributed by atoms with Crippen LogP contribution in [0.25, 0.3) is 10.8 Å². The number of benzene rings is 2. The van der Waals surface area contributed by atoms with Crippen molar-refractivity contribution in [2.45, 2.75) is 6.18 Å². The van der Waals surface area contributed by atoms with E-state index in [4.69, 9.17) is 0 Å². The minimum absolute atomic E-state index is 0.0307. The number of fused-ring (bicyclic) bond motifs is 1. The Labute approximate surface area is 160 Å². The number of amides is 1. The normalized spacial score (nSPS) is 15.1. The summed E-state index contributed by atoms with van der Waals surface area (Å²) in [4.78, 5) is 20.6. The van der Waals surface area contributed by atoms with Gasteiger partial charge in [-0.3, -0.25) is 4.79 Å². The molecule has 0 saturated carbocycles. The zero-order valence-corrected chi connectivity index (χ0v) is 15.0. The van der Waals surface area contributed by atoms with Crippen LogP contribution in [0, 0.1) is 0 Å². The van der Waals surface area contributed by atoms with Gasteiger partial charge in [0.05, 0.1) is 5.56 Å². The van der Waals surface area contributed by atoms with E-state index < -0.39 is 11.7 Å². The number of nitrogens with zero attached hydrogens (tertiary/aromatic N) is 3. The third-order valence-electron chi connectivity index (χ3n) is 4.99. The number of carbonyl (C=O) groups excluding carboxylic acids is 1. The summed E-state index contributed by atoms with van der Waals surface area (Å²) in [6.45, 7) is 2.03. The number of anilines is 1. The van der Waals surface area contributed by atoms with Gasteiger partial charge < -0.3 is 9.80 Å². The van der Waals surface area contributed by atoms with Gasteiger partial charge in [-0.15, -0.1) is 0 Å². The van der Waals surface area contributed by atoms with Crippen molar-refractivity contribution >= 4 is 22.5 Å². The first kappa shape index (κ1) is 18.3. The Bertz CT molecular complexity index is 988. The van der Waals surface area contributed by atoms with E-state index in [1.54, 1.807) is 4.90 Å². The lowest BCUT2D eigenvalue weighted by Crippen LogP contribution is -2.49. The molecule has 1 fully saturated rings. The van der Waals surface area contributed by atoms with Crippen LogP contribution in [0.4, 0.5) is 19.0 Å². The standard InChI is InChI=1S/C21H18F3N3O/c22-21(23,24)16-8-9-19(25-14-16)26-10-12-27(13-11-26)20(28)18-7-3-5-15-4-1-2-6-17(15)18/h1-9,14H,10-13H2. The molecule has 0 unspecified atom stereocenters. The molecule has 4 rings (SSSR count). The van der Waals surface area contributed by atoms with E-state index in [-0.39, 0.29) is 5.91 Å². The molecule has 0 aliphatic carbocycles. The molecule has 28 heavy (non-hydrogen) atoms. The average molecular weight is 385 g/mol. The highest BCUT2D eigenvalue weighted by atomic mass is 19.4. The second-order valence-electron chi connectivity index (χ2n) is 6.71. The number of halogens is 3. The minimum atomic E-state index is -4.39. The molecule has 0 atom stereocenters. The molecule has 0 radical (unpaired) electrons. The van der Waals surface area contributed by atoms with Gasteiger partial charge in [0.15, 0.2) is 0 Å². The molecule has 2 heterocycles. The lowest BCUT2D eigenvalue weighted by molar-refractivity contribution is -0.137. The summed E-state index contributed by atoms with van der Waals surface area (Å²) in [5.41, 5.74) is -0.0970. The number of carbonyl (C=O) groups is 1. The van der Waals surface area contributed by atoms with Crippen LogP contribution < -0.4 is 4.90 Å². The molecular weight excluding hydrogens is 367 g/mol. The van der Waals surface area contributed by atoms with Crippen molar-refractivity contribution in [2.75, 3.05) is 31.1 Å². The molecule has 1 aromatic heterocycles. The van der Waals surface area contributed by atoms with Crippen LogP contribution in [0.5, 0.6) is 0 Å². The summed E-state index contributed by atoms with van der Waals surface area (Å²) < 4.78 is 38.0. The van der Waals surface area contributed by atoms with Crippen molar-refractivity contribution in [3.05, 3.63) is 71.9 Å². The number of aromatic nitrogens is 1. The number of alkyl halides is 3. The van der Waals surface area contributed by atoms with Gasteiger partial charge in [-0.25, -0.2) is 4.98 Å². The maximum Gasteiger partial charge on any atom is 0.417 e. The minimum Gasteiger partial charge on any atom is -0.353 e. The Morgan fingerprint density at radius 3 is 2.29 bits per heavy atom. The maximum absolute atomic E-state index is 13.0. The molecular formula is C21H18F3N3O. The SMILES string of the molecule is O=C(c1cccc2ccccc12)N1CCN(c2ccc(C(F)(F)F)cn2)CC1. The Hall–Kier alpha value is -3.09. The van der Waals surface area contributed by atoms with E-state index >= 15 is 0 Å². The van der Waals surface area contributed by atoms with Gasteiger partial charge in [-0.1, -0.05) is 36.4 Å². The van der Waals surface area contributed by atoms with Crippen LogP contribution in [-0.2, 0) is 6.18 Å². The molecule has 1 amide bonds. The predicted molar refractivity (Wildman–Crippen MR) is 101 cm³/mol. The molecule has 1 aliphatic heterocycles. The van der Waals surface area contributed by atoms with Gasteiger partial charge in [-0.2, -0.15) is 13.2 Å². The Balaban J connectivity index is 1.46. The van der Waals surface area contributed by atoms with Crippen LogP contribution in [0.15, 0.2) is 60.8 Å². The van der Waals surface area contributed by atoms with Gasteiger partial charge in [0.25, 0.3) is 5.91 Å². The van der Waals surface area contributed by atoms with Crippen LogP contribution in [0.2, 0.25) is 0 Å². The van der Waals surface area contributed by atoms with Crippen LogP contribution >= 0.6 is 0 Å². The van der Waals surface area contributed by atoms with Crippen molar-refractivity contribution in [3.8, 4) is 0 Å². The Kier molecular flexibility index (Phi) is 4.66. The zero-order chi connectivity index (χ0) is 19.7. The van der Waals surface area contributed by atoms with Crippen molar-refractivity contribution in [1.82, 2.24) is 9.88 Å². The van der Waals surface area contributed by atoms with Crippen LogP contribution in [0.1, 0.15) is 15.9 Å². The highest BCUT2D eigenvalue weighted by molar-refractivity contribution is 6.07. The zero-order valence-electron chi connectivity index (χ0n) is 15.0. The second kappa shape index (κ2) is 7.14. The summed E-state index contributed by atoms with van der Waals surface area (Å²) in [7, 11) is 0. The smallest absolute Gasteiger partial charge is 0.353 e. The molecule has 3 aromatic rings. The molecule has 7 heteroatoms. The van der Waals surface area contributed by atoms with Crippen molar-refractivity contribution in [2.24, 2.45) is 0 Å². The summed E-state index contributed by atoms with van der Waals surface area (Å²) in [5, 5.41) is 1.93. The van der Waals surface area contributed by atoms with E-state index in [2.05, 4.69) is 4.98 Å². The van der Waals surface area contributed by atoms with Crippen molar-refractivity contribution in [3.63, 3.8) is 0 Å². The molecule has 1 saturated heterocycles. The average Bonchev–Trinajstić information content (AvgIpc) is 2.72. The van der Waals surface area contributed by atoms with E-state index in [1.165, 1.54) is 6.07 Å². The molecule has 2 aromatic carbocycles. The van der Waals surface area contributed by atoms with Crippen LogP contribution in [0.3, 0.4) is 0 Å². The number of hydrogen-bond acceptors (Lipinski definition) is 3. The Morgan fingerprint density at radius 1 is 0.893 bits per heavy atom. The van der Waals surface area contributed by atoms with Gasteiger partial charge in [-0.05, 0) is 29.0 Å². The molecule has 0 bridgehead atoms. The third-order valence-corrected chi connectivity index (χ3v) is 4.99. The predicted octanol–water partition coefficient (Wildman–Crippen LogP) is 4.22. The van der Waals surface area contributed by atoms with E-state index in [9.17, 15) is 18.0 Å². The monoisotopic (exact) mass is 385 g/mol. The highest BCUT2D eigenvalue weighted by Crippen LogP contribution is 2.29. The second-order valence-corrected chi connectivity index (χ2v) is 6.71. The number of piperazine rings is 1. The molecule has 144 valence electrons. The van der Waals surface area contributed by atoms with E-state index in [1.807, 2.05) is 47.4 Å². The summed E-state index contributed by atoms with van der Waals surface area (Å²) in [6, 6.07) is 15.8. The van der Waals surface area contributed by atoms with E-state index in [0.29, 0.717) is 37.6 Å². The molecule has 0 spiro atoms. The van der Waals surface area contributed by atoms with Gasteiger partial charge in [0.2, 0.25) is 0 Å². The maximum atomic E-state index is 13.0. The fourth-order valence-corrected chi connectivity index (χ4v) is 3.46. The van der Waals surface area contributed by atoms with Gasteiger partial charge >= 0.3 is 6.18 Å². The number of hydrogen-bond donors (Lipinski definition) is 0. The topological polar surface area (TPSA) is 36.4 Å². The number of rotatable bonds is 2. The molecule has 0 N–H and O–H groups in total. The lowest BCUT2D eigenvalue weighted by Gasteiger charge is -2.35. The summed E-state index contributed by atoms with van der Waals surface area (Å²) in [5.74, 6) is 0.460. The van der Waals surface area contributed by atoms with Gasteiger partial charge in [0, 0.05) is 37.9 Å². The lowest BCUT2D eigenvalue weighted by atomic mass is 10.0. The molecule has 1 aliphatic rings. The quantitative estimate of drug-likeness (QED) is 0.663. The largest absolute Gasteiger partial charge is 0.417 e. The van der Waals surface area contributed by atoms with Crippen LogP contribution in [-0.4, -0.2) is 42.0 Å². The fraction of sp³-hybridized carbons (Fsp3) is 0.238. The van der Waals surface area contributed by atoms with Gasteiger partial charge in [0.1, 0.15) is 5.82 Å². The summed E-state index contributed by atoms with van der Waals surface area (Å²) >= 11 is 0. The Morgan fingerprint density at radius 2 is 1.61 bits per heavy atom. The highest BCUT2D eigenvalue weighted by Gasteiger charge is 2.31. The first-order valence-corrected chi connectivity index (χ1v) is 8.99.